The van der Waals surface area contributed by atoms with Gasteiger partial charge in [0.15, 0.2) is 0 Å². The Morgan fingerprint density at radius 2 is 2.05 bits per heavy atom. The molecule has 4 N–H and O–H groups in total. The van der Waals surface area contributed by atoms with Crippen LogP contribution in [-0.4, -0.2) is 22.2 Å². The molecular weight excluding hydrogens is 280 g/mol. The fraction of sp³-hybridized carbons (Fsp3) is 0.500. The third kappa shape index (κ3) is 3.81. The van der Waals surface area contributed by atoms with E-state index < -0.39 is 0 Å². The summed E-state index contributed by atoms with van der Waals surface area (Å²) in [6.45, 7) is 0. The number of aliphatic hydroxyl groups excluding tert-OH is 1. The fourth-order valence-corrected chi connectivity index (χ4v) is 2.84. The van der Waals surface area contributed by atoms with E-state index in [1.807, 2.05) is 6.07 Å². The van der Waals surface area contributed by atoms with E-state index in [4.69, 9.17) is 29.6 Å². The van der Waals surface area contributed by atoms with Gasteiger partial charge in [0.25, 0.3) is 0 Å². The fourth-order valence-electron chi connectivity index (χ4n) is 2.50. The monoisotopic (exact) mass is 298 g/mol. The SMILES string of the molecule is NC(=S)c1cc(Cl)ccc1NC1CCCCCC1O. The molecule has 2 rings (SSSR count). The van der Waals surface area contributed by atoms with Crippen LogP contribution in [0.5, 0.6) is 0 Å². The molecule has 2 unspecified atom stereocenters. The van der Waals surface area contributed by atoms with Crippen molar-refractivity contribution in [3.05, 3.63) is 28.8 Å². The molecule has 0 amide bonds. The summed E-state index contributed by atoms with van der Waals surface area (Å²) in [6.07, 6.45) is 4.87. The van der Waals surface area contributed by atoms with E-state index in [1.54, 1.807) is 12.1 Å². The molecule has 5 heteroatoms. The molecule has 0 aromatic heterocycles. The lowest BCUT2D eigenvalue weighted by molar-refractivity contribution is 0.144. The van der Waals surface area contributed by atoms with Gasteiger partial charge < -0.3 is 16.2 Å². The van der Waals surface area contributed by atoms with Crippen LogP contribution in [0.1, 0.15) is 37.7 Å². The number of nitrogens with one attached hydrogen (secondary N) is 1. The summed E-state index contributed by atoms with van der Waals surface area (Å²) in [4.78, 5) is 0.313. The molecule has 2 atom stereocenters. The van der Waals surface area contributed by atoms with E-state index >= 15 is 0 Å². The van der Waals surface area contributed by atoms with Gasteiger partial charge in [0.2, 0.25) is 0 Å². The predicted octanol–water partition coefficient (Wildman–Crippen LogP) is 3.08. The average Bonchev–Trinajstić information content (AvgIpc) is 2.57. The zero-order valence-electron chi connectivity index (χ0n) is 10.7. The third-order valence-corrected chi connectivity index (χ3v) is 4.02. The molecule has 1 aromatic rings. The van der Waals surface area contributed by atoms with E-state index in [0.29, 0.717) is 10.0 Å². The normalized spacial score (nSPS) is 23.7. The number of thiocarbonyl (C=S) groups is 1. The summed E-state index contributed by atoms with van der Waals surface area (Å²) in [5, 5.41) is 14.1. The van der Waals surface area contributed by atoms with Crippen molar-refractivity contribution in [2.75, 3.05) is 5.32 Å². The third-order valence-electron chi connectivity index (χ3n) is 3.57. The Morgan fingerprint density at radius 3 is 2.79 bits per heavy atom. The van der Waals surface area contributed by atoms with Gasteiger partial charge in [-0.15, -0.1) is 0 Å². The number of aliphatic hydroxyl groups is 1. The standard InChI is InChI=1S/C14H19ClN2OS/c15-9-6-7-11(10(8-9)14(16)19)17-12-4-2-1-3-5-13(12)18/h6-8,12-13,17-18H,1-5H2,(H2,16,19). The van der Waals surface area contributed by atoms with Crippen molar-refractivity contribution < 1.29 is 5.11 Å². The second kappa shape index (κ2) is 6.55. The molecule has 104 valence electrons. The average molecular weight is 299 g/mol. The molecule has 3 nitrogen and oxygen atoms in total. The molecule has 0 bridgehead atoms. The van der Waals surface area contributed by atoms with Crippen molar-refractivity contribution in [3.8, 4) is 0 Å². The van der Waals surface area contributed by atoms with Gasteiger partial charge >= 0.3 is 0 Å². The summed E-state index contributed by atoms with van der Waals surface area (Å²) < 4.78 is 0. The molecule has 19 heavy (non-hydrogen) atoms. The van der Waals surface area contributed by atoms with Crippen molar-refractivity contribution in [1.29, 1.82) is 0 Å². The number of halogens is 1. The Balaban J connectivity index is 2.19. The summed E-state index contributed by atoms with van der Waals surface area (Å²) in [7, 11) is 0. The van der Waals surface area contributed by atoms with Crippen molar-refractivity contribution in [2.24, 2.45) is 5.73 Å². The van der Waals surface area contributed by atoms with Crippen LogP contribution < -0.4 is 11.1 Å². The van der Waals surface area contributed by atoms with Crippen LogP contribution in [0.4, 0.5) is 5.69 Å². The molecule has 1 fully saturated rings. The van der Waals surface area contributed by atoms with Crippen molar-refractivity contribution >= 4 is 34.5 Å². The first-order valence-corrected chi connectivity index (χ1v) is 7.40. The van der Waals surface area contributed by atoms with Gasteiger partial charge in [0.05, 0.1) is 12.1 Å². The highest BCUT2D eigenvalue weighted by atomic mass is 35.5. The van der Waals surface area contributed by atoms with Crippen LogP contribution in [0.2, 0.25) is 5.02 Å². The summed E-state index contributed by atoms with van der Waals surface area (Å²) in [5.74, 6) is 0. The molecule has 1 aromatic carbocycles. The summed E-state index contributed by atoms with van der Waals surface area (Å²) >= 11 is 11.0. The zero-order chi connectivity index (χ0) is 13.8. The van der Waals surface area contributed by atoms with Gasteiger partial charge in [-0.1, -0.05) is 43.1 Å². The number of hydrogen-bond acceptors (Lipinski definition) is 3. The van der Waals surface area contributed by atoms with Crippen LogP contribution in [0, 0.1) is 0 Å². The lowest BCUT2D eigenvalue weighted by atomic mass is 10.0. The first-order chi connectivity index (χ1) is 9.08. The van der Waals surface area contributed by atoms with E-state index in [2.05, 4.69) is 5.32 Å². The second-order valence-corrected chi connectivity index (χ2v) is 5.89. The van der Waals surface area contributed by atoms with Crippen LogP contribution >= 0.6 is 23.8 Å². The Morgan fingerprint density at radius 1 is 1.32 bits per heavy atom. The smallest absolute Gasteiger partial charge is 0.106 e. The maximum absolute atomic E-state index is 10.1. The Labute approximate surface area is 124 Å². The molecule has 1 aliphatic carbocycles. The summed E-state index contributed by atoms with van der Waals surface area (Å²) in [6, 6.07) is 5.48. The molecule has 0 aliphatic heterocycles. The van der Waals surface area contributed by atoms with E-state index in [-0.39, 0.29) is 12.1 Å². The van der Waals surface area contributed by atoms with Crippen LogP contribution in [0.3, 0.4) is 0 Å². The van der Waals surface area contributed by atoms with E-state index in [1.165, 1.54) is 6.42 Å². The van der Waals surface area contributed by atoms with E-state index in [9.17, 15) is 5.11 Å². The molecule has 0 saturated heterocycles. The lowest BCUT2D eigenvalue weighted by Crippen LogP contribution is -2.33. The Kier molecular flexibility index (Phi) is 5.02. The van der Waals surface area contributed by atoms with Crippen LogP contribution in [0.25, 0.3) is 0 Å². The molecule has 0 radical (unpaired) electrons. The molecule has 1 saturated carbocycles. The van der Waals surface area contributed by atoms with Gasteiger partial charge in [-0.05, 0) is 31.0 Å². The molecule has 1 aliphatic rings. The van der Waals surface area contributed by atoms with E-state index in [0.717, 1.165) is 36.9 Å². The lowest BCUT2D eigenvalue weighted by Gasteiger charge is -2.24. The first-order valence-electron chi connectivity index (χ1n) is 6.62. The minimum Gasteiger partial charge on any atom is -0.391 e. The summed E-state index contributed by atoms with van der Waals surface area (Å²) in [5.41, 5.74) is 7.31. The zero-order valence-corrected chi connectivity index (χ0v) is 12.3. The Hall–Kier alpha value is -0.840. The highest BCUT2D eigenvalue weighted by molar-refractivity contribution is 7.80. The van der Waals surface area contributed by atoms with Crippen molar-refractivity contribution in [1.82, 2.24) is 0 Å². The largest absolute Gasteiger partial charge is 0.391 e. The van der Waals surface area contributed by atoms with Gasteiger partial charge in [-0.3, -0.25) is 0 Å². The van der Waals surface area contributed by atoms with Gasteiger partial charge in [-0.2, -0.15) is 0 Å². The number of benzene rings is 1. The van der Waals surface area contributed by atoms with Crippen LogP contribution in [0.15, 0.2) is 18.2 Å². The maximum Gasteiger partial charge on any atom is 0.106 e. The number of hydrogen-bond donors (Lipinski definition) is 3. The quantitative estimate of drug-likeness (QED) is 0.593. The Bertz CT molecular complexity index is 467. The molecule has 0 heterocycles. The van der Waals surface area contributed by atoms with Crippen molar-refractivity contribution in [3.63, 3.8) is 0 Å². The minimum absolute atomic E-state index is 0.0526. The number of rotatable bonds is 3. The maximum atomic E-state index is 10.1. The van der Waals surface area contributed by atoms with Gasteiger partial charge in [-0.25, -0.2) is 0 Å². The predicted molar refractivity (Wildman–Crippen MR) is 83.8 cm³/mol. The number of nitrogens with two attached hydrogens (primary N) is 1. The molecular formula is C14H19ClN2OS. The highest BCUT2D eigenvalue weighted by Gasteiger charge is 2.22. The first kappa shape index (κ1) is 14.6. The number of anilines is 1. The topological polar surface area (TPSA) is 58.3 Å². The molecule has 0 spiro atoms. The van der Waals surface area contributed by atoms with Crippen LogP contribution in [-0.2, 0) is 0 Å². The second-order valence-electron chi connectivity index (χ2n) is 5.01. The highest BCUT2D eigenvalue weighted by Crippen LogP contribution is 2.25. The van der Waals surface area contributed by atoms with Crippen molar-refractivity contribution in [2.45, 2.75) is 44.2 Å². The van der Waals surface area contributed by atoms with Gasteiger partial charge in [0, 0.05) is 16.3 Å². The minimum atomic E-state index is -0.322. The van der Waals surface area contributed by atoms with Gasteiger partial charge in [0.1, 0.15) is 4.99 Å².